The van der Waals surface area contributed by atoms with Crippen LogP contribution in [-0.2, 0) is 11.3 Å². The van der Waals surface area contributed by atoms with Crippen molar-refractivity contribution in [2.45, 2.75) is 26.3 Å². The maximum absolute atomic E-state index is 11.4. The molecule has 1 N–H and O–H groups in total. The third-order valence-electron chi connectivity index (χ3n) is 4.55. The molecule has 1 aromatic carbocycles. The predicted molar refractivity (Wildman–Crippen MR) is 90.2 cm³/mol. The standard InChI is InChI=1S/C18H24N2O3/c1-13(2)16-11-14(18(21)22)12-17-15(16)3-4-20(17)6-5-19-7-9-23-10-8-19/h3-4,11-13H,5-10H2,1-2H3,(H,21,22). The molecule has 0 radical (unpaired) electrons. The molecule has 0 saturated carbocycles. The molecule has 0 amide bonds. The Bertz CT molecular complexity index is 700. The van der Waals surface area contributed by atoms with Gasteiger partial charge >= 0.3 is 5.97 Å². The smallest absolute Gasteiger partial charge is 0.335 e. The van der Waals surface area contributed by atoms with Crippen LogP contribution in [0.15, 0.2) is 24.4 Å². The molecule has 1 aliphatic heterocycles. The summed E-state index contributed by atoms with van der Waals surface area (Å²) in [5, 5.41) is 10.5. The van der Waals surface area contributed by atoms with Crippen molar-refractivity contribution in [2.24, 2.45) is 0 Å². The molecule has 2 heterocycles. The van der Waals surface area contributed by atoms with Crippen LogP contribution in [0.4, 0.5) is 0 Å². The first kappa shape index (κ1) is 16.0. The zero-order chi connectivity index (χ0) is 16.4. The van der Waals surface area contributed by atoms with Crippen LogP contribution in [0, 0.1) is 0 Å². The fourth-order valence-electron chi connectivity index (χ4n) is 3.19. The number of aromatic carboxylic acids is 1. The summed E-state index contributed by atoms with van der Waals surface area (Å²) in [5.41, 5.74) is 2.49. The summed E-state index contributed by atoms with van der Waals surface area (Å²) in [5.74, 6) is -0.568. The van der Waals surface area contributed by atoms with E-state index in [0.717, 1.165) is 55.9 Å². The number of hydrogen-bond acceptors (Lipinski definition) is 3. The Morgan fingerprint density at radius 1 is 1.26 bits per heavy atom. The molecule has 0 atom stereocenters. The van der Waals surface area contributed by atoms with E-state index in [1.54, 1.807) is 6.07 Å². The molecule has 0 unspecified atom stereocenters. The maximum Gasteiger partial charge on any atom is 0.335 e. The Balaban J connectivity index is 1.89. The monoisotopic (exact) mass is 316 g/mol. The lowest BCUT2D eigenvalue weighted by atomic mass is 9.97. The van der Waals surface area contributed by atoms with Gasteiger partial charge in [-0.3, -0.25) is 4.90 Å². The number of carboxylic acids is 1. The first-order valence-corrected chi connectivity index (χ1v) is 8.22. The highest BCUT2D eigenvalue weighted by atomic mass is 16.5. The van der Waals surface area contributed by atoms with E-state index >= 15 is 0 Å². The van der Waals surface area contributed by atoms with Crippen molar-refractivity contribution in [1.29, 1.82) is 0 Å². The molecular formula is C18H24N2O3. The lowest BCUT2D eigenvalue weighted by Gasteiger charge is -2.26. The van der Waals surface area contributed by atoms with Crippen molar-refractivity contribution < 1.29 is 14.6 Å². The number of aromatic nitrogens is 1. The number of carbonyl (C=O) groups is 1. The van der Waals surface area contributed by atoms with Crippen LogP contribution in [0.2, 0.25) is 0 Å². The van der Waals surface area contributed by atoms with Gasteiger partial charge in [-0.2, -0.15) is 0 Å². The van der Waals surface area contributed by atoms with E-state index in [2.05, 4.69) is 35.6 Å². The van der Waals surface area contributed by atoms with E-state index in [4.69, 9.17) is 4.74 Å². The van der Waals surface area contributed by atoms with Gasteiger partial charge in [0.15, 0.2) is 0 Å². The summed E-state index contributed by atoms with van der Waals surface area (Å²) in [4.78, 5) is 13.8. The number of ether oxygens (including phenoxy) is 1. The van der Waals surface area contributed by atoms with Gasteiger partial charge in [0.05, 0.1) is 18.8 Å². The van der Waals surface area contributed by atoms with Gasteiger partial charge in [0, 0.05) is 43.3 Å². The van der Waals surface area contributed by atoms with Crippen LogP contribution in [0.5, 0.6) is 0 Å². The Labute approximate surface area is 136 Å². The van der Waals surface area contributed by atoms with Gasteiger partial charge in [-0.15, -0.1) is 0 Å². The van der Waals surface area contributed by atoms with Crippen LogP contribution in [0.3, 0.4) is 0 Å². The normalized spacial score (nSPS) is 16.3. The molecular weight excluding hydrogens is 292 g/mol. The Morgan fingerprint density at radius 3 is 2.65 bits per heavy atom. The molecule has 1 fully saturated rings. The molecule has 3 rings (SSSR count). The summed E-state index contributed by atoms with van der Waals surface area (Å²) >= 11 is 0. The molecule has 2 aromatic rings. The highest BCUT2D eigenvalue weighted by molar-refractivity contribution is 5.95. The molecule has 1 aromatic heterocycles. The predicted octanol–water partition coefficient (Wildman–Crippen LogP) is 2.80. The van der Waals surface area contributed by atoms with Crippen LogP contribution in [-0.4, -0.2) is 53.4 Å². The number of carboxylic acid groups (broad SMARTS) is 1. The van der Waals surface area contributed by atoms with Gasteiger partial charge in [-0.1, -0.05) is 13.8 Å². The first-order chi connectivity index (χ1) is 11.1. The van der Waals surface area contributed by atoms with Gasteiger partial charge in [0.2, 0.25) is 0 Å². The fourth-order valence-corrected chi connectivity index (χ4v) is 3.19. The van der Waals surface area contributed by atoms with E-state index in [9.17, 15) is 9.90 Å². The lowest BCUT2D eigenvalue weighted by Crippen LogP contribution is -2.38. The van der Waals surface area contributed by atoms with E-state index in [1.807, 2.05) is 6.07 Å². The summed E-state index contributed by atoms with van der Waals surface area (Å²) in [6.07, 6.45) is 2.07. The minimum Gasteiger partial charge on any atom is -0.478 e. The first-order valence-electron chi connectivity index (χ1n) is 8.22. The molecule has 1 saturated heterocycles. The Hall–Kier alpha value is -1.85. The van der Waals surface area contributed by atoms with Gasteiger partial charge in [-0.25, -0.2) is 4.79 Å². The van der Waals surface area contributed by atoms with E-state index in [0.29, 0.717) is 11.5 Å². The average molecular weight is 316 g/mol. The zero-order valence-corrected chi connectivity index (χ0v) is 13.8. The molecule has 0 aliphatic carbocycles. The van der Waals surface area contributed by atoms with Crippen molar-refractivity contribution in [1.82, 2.24) is 9.47 Å². The topological polar surface area (TPSA) is 54.7 Å². The van der Waals surface area contributed by atoms with Crippen LogP contribution in [0.1, 0.15) is 35.7 Å². The molecule has 1 aliphatic rings. The van der Waals surface area contributed by atoms with Crippen molar-refractivity contribution in [3.63, 3.8) is 0 Å². The number of hydrogen-bond donors (Lipinski definition) is 1. The van der Waals surface area contributed by atoms with Crippen molar-refractivity contribution in [3.8, 4) is 0 Å². The van der Waals surface area contributed by atoms with Crippen LogP contribution < -0.4 is 0 Å². The zero-order valence-electron chi connectivity index (χ0n) is 13.8. The third kappa shape index (κ3) is 3.41. The van der Waals surface area contributed by atoms with Crippen molar-refractivity contribution in [2.75, 3.05) is 32.8 Å². The molecule has 23 heavy (non-hydrogen) atoms. The fraction of sp³-hybridized carbons (Fsp3) is 0.500. The minimum absolute atomic E-state index is 0.298. The molecule has 5 heteroatoms. The maximum atomic E-state index is 11.4. The number of benzene rings is 1. The quantitative estimate of drug-likeness (QED) is 0.921. The third-order valence-corrected chi connectivity index (χ3v) is 4.55. The summed E-state index contributed by atoms with van der Waals surface area (Å²) in [6, 6.07) is 5.71. The van der Waals surface area contributed by atoms with Crippen LogP contribution in [0.25, 0.3) is 10.9 Å². The number of nitrogens with zero attached hydrogens (tertiary/aromatic N) is 2. The van der Waals surface area contributed by atoms with E-state index in [1.165, 1.54) is 0 Å². The average Bonchev–Trinajstić information content (AvgIpc) is 2.95. The highest BCUT2D eigenvalue weighted by Crippen LogP contribution is 2.28. The summed E-state index contributed by atoms with van der Waals surface area (Å²) in [6.45, 7) is 9.57. The summed E-state index contributed by atoms with van der Waals surface area (Å²) < 4.78 is 7.55. The van der Waals surface area contributed by atoms with Crippen LogP contribution >= 0.6 is 0 Å². The molecule has 5 nitrogen and oxygen atoms in total. The van der Waals surface area contributed by atoms with Gasteiger partial charge in [-0.05, 0) is 29.7 Å². The number of fused-ring (bicyclic) bond motifs is 1. The van der Waals surface area contributed by atoms with Crippen molar-refractivity contribution >= 4 is 16.9 Å². The van der Waals surface area contributed by atoms with Gasteiger partial charge in [0.1, 0.15) is 0 Å². The Kier molecular flexibility index (Phi) is 4.68. The number of rotatable bonds is 5. The van der Waals surface area contributed by atoms with Gasteiger partial charge < -0.3 is 14.4 Å². The lowest BCUT2D eigenvalue weighted by molar-refractivity contribution is 0.0365. The molecule has 124 valence electrons. The van der Waals surface area contributed by atoms with E-state index < -0.39 is 5.97 Å². The molecule has 0 spiro atoms. The second kappa shape index (κ2) is 6.72. The molecule has 0 bridgehead atoms. The largest absolute Gasteiger partial charge is 0.478 e. The SMILES string of the molecule is CC(C)c1cc(C(=O)O)cc2c1ccn2CCN1CCOCC1. The van der Waals surface area contributed by atoms with Crippen molar-refractivity contribution in [3.05, 3.63) is 35.5 Å². The minimum atomic E-state index is -0.866. The van der Waals surface area contributed by atoms with Gasteiger partial charge in [0.25, 0.3) is 0 Å². The summed E-state index contributed by atoms with van der Waals surface area (Å²) in [7, 11) is 0. The Morgan fingerprint density at radius 2 is 2.00 bits per heavy atom. The van der Waals surface area contributed by atoms with E-state index in [-0.39, 0.29) is 0 Å². The highest BCUT2D eigenvalue weighted by Gasteiger charge is 2.15. The second-order valence-electron chi connectivity index (χ2n) is 6.42. The second-order valence-corrected chi connectivity index (χ2v) is 6.42. The number of morpholine rings is 1.